The number of nitrogens with zero attached hydrogens (tertiary/aromatic N) is 2. The van der Waals surface area contributed by atoms with E-state index in [1.165, 1.54) is 0 Å². The molecule has 0 radical (unpaired) electrons. The molecule has 1 N–H and O–H groups in total. The van der Waals surface area contributed by atoms with E-state index in [1.54, 1.807) is 60.5 Å². The number of imide groups is 1. The van der Waals surface area contributed by atoms with Gasteiger partial charge in [0.2, 0.25) is 5.91 Å². The van der Waals surface area contributed by atoms with Gasteiger partial charge in [0.15, 0.2) is 0 Å². The molecular formula is C23H23N3O5. The molecule has 0 bridgehead atoms. The third kappa shape index (κ3) is 4.14. The van der Waals surface area contributed by atoms with Gasteiger partial charge in [-0.3, -0.25) is 24.1 Å². The summed E-state index contributed by atoms with van der Waals surface area (Å²) in [5.74, 6) is -0.730. The van der Waals surface area contributed by atoms with Crippen LogP contribution in [0.1, 0.15) is 43.9 Å². The normalized spacial score (nSPS) is 16.3. The minimum atomic E-state index is -0.450. The van der Waals surface area contributed by atoms with Crippen LogP contribution >= 0.6 is 0 Å². The summed E-state index contributed by atoms with van der Waals surface area (Å²) in [6, 6.07) is 13.5. The monoisotopic (exact) mass is 421 g/mol. The fourth-order valence-electron chi connectivity index (χ4n) is 3.97. The third-order valence-electron chi connectivity index (χ3n) is 5.64. The van der Waals surface area contributed by atoms with Crippen molar-refractivity contribution in [3.8, 4) is 5.75 Å². The quantitative estimate of drug-likeness (QED) is 0.742. The molecule has 0 unspecified atom stereocenters. The Balaban J connectivity index is 1.29. The molecular weight excluding hydrogens is 398 g/mol. The van der Waals surface area contributed by atoms with Gasteiger partial charge < -0.3 is 15.0 Å². The molecule has 8 heteroatoms. The molecule has 1 saturated heterocycles. The lowest BCUT2D eigenvalue weighted by atomic mass is 10.0. The van der Waals surface area contributed by atoms with E-state index in [0.717, 1.165) is 4.90 Å². The first-order valence-corrected chi connectivity index (χ1v) is 10.2. The van der Waals surface area contributed by atoms with Gasteiger partial charge in [0, 0.05) is 24.7 Å². The second kappa shape index (κ2) is 8.59. The predicted molar refractivity (Wildman–Crippen MR) is 112 cm³/mol. The van der Waals surface area contributed by atoms with E-state index in [-0.39, 0.29) is 24.4 Å². The number of hydrogen-bond donors (Lipinski definition) is 1. The Bertz CT molecular complexity index is 1010. The molecule has 0 saturated carbocycles. The van der Waals surface area contributed by atoms with Gasteiger partial charge >= 0.3 is 0 Å². The SMILES string of the molecule is COc1cccc(C(=O)N2CCC(NC(=O)CN3C(=O)c4ccccc4C3=O)CC2)c1. The molecule has 1 fully saturated rings. The highest BCUT2D eigenvalue weighted by atomic mass is 16.5. The van der Waals surface area contributed by atoms with Crippen molar-refractivity contribution in [3.05, 3.63) is 65.2 Å². The number of likely N-dealkylation sites (tertiary alicyclic amines) is 1. The Morgan fingerprint density at radius 1 is 1.00 bits per heavy atom. The molecule has 0 spiro atoms. The van der Waals surface area contributed by atoms with E-state index in [4.69, 9.17) is 4.74 Å². The number of rotatable bonds is 5. The molecule has 0 aromatic heterocycles. The zero-order chi connectivity index (χ0) is 22.0. The van der Waals surface area contributed by atoms with Crippen molar-refractivity contribution < 1.29 is 23.9 Å². The fraction of sp³-hybridized carbons (Fsp3) is 0.304. The Labute approximate surface area is 179 Å². The van der Waals surface area contributed by atoms with Gasteiger partial charge in [-0.2, -0.15) is 0 Å². The average Bonchev–Trinajstić information content (AvgIpc) is 3.04. The Morgan fingerprint density at radius 3 is 2.26 bits per heavy atom. The summed E-state index contributed by atoms with van der Waals surface area (Å²) in [5.41, 5.74) is 1.21. The number of piperidine rings is 1. The van der Waals surface area contributed by atoms with Crippen LogP contribution in [0.3, 0.4) is 0 Å². The third-order valence-corrected chi connectivity index (χ3v) is 5.64. The first-order valence-electron chi connectivity index (χ1n) is 10.2. The summed E-state index contributed by atoms with van der Waals surface area (Å²) in [6.07, 6.45) is 1.20. The summed E-state index contributed by atoms with van der Waals surface area (Å²) < 4.78 is 5.17. The fourth-order valence-corrected chi connectivity index (χ4v) is 3.97. The van der Waals surface area contributed by atoms with Gasteiger partial charge in [0.1, 0.15) is 12.3 Å². The van der Waals surface area contributed by atoms with Crippen molar-refractivity contribution in [1.82, 2.24) is 15.1 Å². The molecule has 4 rings (SSSR count). The van der Waals surface area contributed by atoms with Crippen molar-refractivity contribution in [2.75, 3.05) is 26.7 Å². The number of benzene rings is 2. The molecule has 160 valence electrons. The van der Waals surface area contributed by atoms with E-state index >= 15 is 0 Å². The van der Waals surface area contributed by atoms with E-state index in [2.05, 4.69) is 5.32 Å². The van der Waals surface area contributed by atoms with Crippen LogP contribution in [0.15, 0.2) is 48.5 Å². The second-order valence-corrected chi connectivity index (χ2v) is 7.61. The molecule has 0 aliphatic carbocycles. The lowest BCUT2D eigenvalue weighted by molar-refractivity contribution is -0.122. The highest BCUT2D eigenvalue weighted by Gasteiger charge is 2.36. The number of carbonyl (C=O) groups excluding carboxylic acids is 4. The first-order chi connectivity index (χ1) is 15.0. The molecule has 2 aromatic carbocycles. The van der Waals surface area contributed by atoms with Crippen LogP contribution in [0.5, 0.6) is 5.75 Å². The maximum absolute atomic E-state index is 12.7. The Morgan fingerprint density at radius 2 is 1.65 bits per heavy atom. The van der Waals surface area contributed by atoms with E-state index in [9.17, 15) is 19.2 Å². The van der Waals surface area contributed by atoms with Gasteiger partial charge in [-0.1, -0.05) is 18.2 Å². The summed E-state index contributed by atoms with van der Waals surface area (Å²) in [6.45, 7) is 0.706. The summed E-state index contributed by atoms with van der Waals surface area (Å²) in [5, 5.41) is 2.89. The number of ether oxygens (including phenoxy) is 1. The molecule has 2 heterocycles. The molecule has 4 amide bonds. The number of fused-ring (bicyclic) bond motifs is 1. The number of amides is 4. The largest absolute Gasteiger partial charge is 0.497 e. The summed E-state index contributed by atoms with van der Waals surface area (Å²) in [7, 11) is 1.56. The van der Waals surface area contributed by atoms with Crippen molar-refractivity contribution in [2.45, 2.75) is 18.9 Å². The van der Waals surface area contributed by atoms with Crippen LogP contribution < -0.4 is 10.1 Å². The topological polar surface area (TPSA) is 96.0 Å². The highest BCUT2D eigenvalue weighted by Crippen LogP contribution is 2.22. The van der Waals surface area contributed by atoms with Crippen LogP contribution in [-0.4, -0.2) is 66.2 Å². The number of hydrogen-bond acceptors (Lipinski definition) is 5. The van der Waals surface area contributed by atoms with Gasteiger partial charge in [-0.15, -0.1) is 0 Å². The zero-order valence-electron chi connectivity index (χ0n) is 17.2. The van der Waals surface area contributed by atoms with Gasteiger partial charge in [0.25, 0.3) is 17.7 Å². The van der Waals surface area contributed by atoms with Crippen LogP contribution in [0, 0.1) is 0 Å². The van der Waals surface area contributed by atoms with E-state index < -0.39 is 11.8 Å². The molecule has 8 nitrogen and oxygen atoms in total. The zero-order valence-corrected chi connectivity index (χ0v) is 17.2. The smallest absolute Gasteiger partial charge is 0.262 e. The van der Waals surface area contributed by atoms with Gasteiger partial charge in [-0.25, -0.2) is 0 Å². The van der Waals surface area contributed by atoms with Crippen LogP contribution in [0.2, 0.25) is 0 Å². The lowest BCUT2D eigenvalue weighted by Gasteiger charge is -2.32. The summed E-state index contributed by atoms with van der Waals surface area (Å²) >= 11 is 0. The number of methoxy groups -OCH3 is 1. The first kappa shape index (κ1) is 20.6. The van der Waals surface area contributed by atoms with Crippen molar-refractivity contribution in [3.63, 3.8) is 0 Å². The van der Waals surface area contributed by atoms with Crippen molar-refractivity contribution >= 4 is 23.6 Å². The lowest BCUT2D eigenvalue weighted by Crippen LogP contribution is -2.49. The molecule has 31 heavy (non-hydrogen) atoms. The van der Waals surface area contributed by atoms with E-state index in [1.807, 2.05) is 0 Å². The Hall–Kier alpha value is -3.68. The second-order valence-electron chi connectivity index (χ2n) is 7.61. The van der Waals surface area contributed by atoms with Crippen LogP contribution in [-0.2, 0) is 4.79 Å². The number of nitrogens with one attached hydrogen (secondary N) is 1. The molecule has 2 aliphatic rings. The van der Waals surface area contributed by atoms with Crippen molar-refractivity contribution in [2.24, 2.45) is 0 Å². The van der Waals surface area contributed by atoms with Crippen molar-refractivity contribution in [1.29, 1.82) is 0 Å². The van der Waals surface area contributed by atoms with Gasteiger partial charge in [0.05, 0.1) is 18.2 Å². The standard InChI is InChI=1S/C23H23N3O5/c1-31-17-6-4-5-15(13-17)21(28)25-11-9-16(10-12-25)24-20(27)14-26-22(29)18-7-2-3-8-19(18)23(26)30/h2-8,13,16H,9-12,14H2,1H3,(H,24,27). The minimum absolute atomic E-state index is 0.0744. The Kier molecular flexibility index (Phi) is 5.70. The average molecular weight is 421 g/mol. The van der Waals surface area contributed by atoms with Crippen LogP contribution in [0.4, 0.5) is 0 Å². The van der Waals surface area contributed by atoms with Crippen LogP contribution in [0.25, 0.3) is 0 Å². The predicted octanol–water partition coefficient (Wildman–Crippen LogP) is 1.71. The maximum Gasteiger partial charge on any atom is 0.262 e. The maximum atomic E-state index is 12.7. The molecule has 2 aliphatic heterocycles. The molecule has 0 atom stereocenters. The van der Waals surface area contributed by atoms with E-state index in [0.29, 0.717) is 48.4 Å². The summed E-state index contributed by atoms with van der Waals surface area (Å²) in [4.78, 5) is 52.7. The highest BCUT2D eigenvalue weighted by molar-refractivity contribution is 6.22. The molecule has 2 aromatic rings. The number of carbonyl (C=O) groups is 4. The van der Waals surface area contributed by atoms with Gasteiger partial charge in [-0.05, 0) is 43.2 Å². The minimum Gasteiger partial charge on any atom is -0.497 e.